The lowest BCUT2D eigenvalue weighted by Gasteiger charge is -2.31. The van der Waals surface area contributed by atoms with Gasteiger partial charge in [0.1, 0.15) is 11.5 Å². The minimum Gasteiger partial charge on any atom is -0.373 e. The van der Waals surface area contributed by atoms with Crippen molar-refractivity contribution in [3.05, 3.63) is 41.8 Å². The molecule has 116 valence electrons. The van der Waals surface area contributed by atoms with Crippen LogP contribution in [0.1, 0.15) is 10.5 Å². The number of amides is 1. The second-order valence-electron chi connectivity index (χ2n) is 5.13. The number of H-pyrrole nitrogens is 1. The Morgan fingerprint density at radius 3 is 3.09 bits per heavy atom. The number of morpholine rings is 1. The summed E-state index contributed by atoms with van der Waals surface area (Å²) >= 11 is 0. The number of carbonyl (C=O) groups excluding carboxylic acids is 1. The highest BCUT2D eigenvalue weighted by Crippen LogP contribution is 2.21. The van der Waals surface area contributed by atoms with Crippen LogP contribution in [0.5, 0.6) is 0 Å². The minimum atomic E-state index is -0.373. The van der Waals surface area contributed by atoms with E-state index in [0.717, 1.165) is 0 Å². The van der Waals surface area contributed by atoms with Gasteiger partial charge in [-0.3, -0.25) is 9.89 Å². The van der Waals surface area contributed by atoms with Gasteiger partial charge in [-0.2, -0.15) is 5.10 Å². The molecule has 1 aromatic heterocycles. The van der Waals surface area contributed by atoms with Gasteiger partial charge < -0.3 is 15.4 Å². The van der Waals surface area contributed by atoms with E-state index in [0.29, 0.717) is 43.2 Å². The Morgan fingerprint density at radius 1 is 1.50 bits per heavy atom. The topological polar surface area (TPSA) is 84.2 Å². The van der Waals surface area contributed by atoms with Crippen LogP contribution in [-0.4, -0.2) is 53.3 Å². The molecule has 0 saturated carbocycles. The molecule has 7 heteroatoms. The second-order valence-corrected chi connectivity index (χ2v) is 5.13. The maximum atomic E-state index is 13.8. The minimum absolute atomic E-state index is 0.147. The summed E-state index contributed by atoms with van der Waals surface area (Å²) in [6.45, 7) is 1.78. The van der Waals surface area contributed by atoms with Crippen molar-refractivity contribution in [2.24, 2.45) is 5.73 Å². The highest BCUT2D eigenvalue weighted by atomic mass is 19.1. The first-order chi connectivity index (χ1) is 10.7. The van der Waals surface area contributed by atoms with E-state index in [1.165, 1.54) is 6.07 Å². The lowest BCUT2D eigenvalue weighted by molar-refractivity contribution is -0.0169. The highest BCUT2D eigenvalue weighted by molar-refractivity contribution is 5.93. The lowest BCUT2D eigenvalue weighted by Crippen LogP contribution is -2.48. The van der Waals surface area contributed by atoms with Crippen LogP contribution in [0.2, 0.25) is 0 Å². The molecule has 1 amide bonds. The van der Waals surface area contributed by atoms with Gasteiger partial charge in [0.25, 0.3) is 5.91 Å². The molecule has 0 radical (unpaired) electrons. The number of hydrogen-bond acceptors (Lipinski definition) is 4. The lowest BCUT2D eigenvalue weighted by atomic mass is 10.1. The van der Waals surface area contributed by atoms with Crippen LogP contribution < -0.4 is 5.73 Å². The number of nitrogens with zero attached hydrogens (tertiary/aromatic N) is 2. The summed E-state index contributed by atoms with van der Waals surface area (Å²) in [5.74, 6) is -0.556. The number of halogens is 1. The molecule has 1 aliphatic heterocycles. The molecule has 1 unspecified atom stereocenters. The van der Waals surface area contributed by atoms with Crippen molar-refractivity contribution < 1.29 is 13.9 Å². The van der Waals surface area contributed by atoms with Crippen LogP contribution in [0.3, 0.4) is 0 Å². The van der Waals surface area contributed by atoms with Crippen LogP contribution in [0, 0.1) is 5.82 Å². The van der Waals surface area contributed by atoms with Gasteiger partial charge in [-0.15, -0.1) is 0 Å². The van der Waals surface area contributed by atoms with Gasteiger partial charge in [0.15, 0.2) is 0 Å². The monoisotopic (exact) mass is 304 g/mol. The zero-order valence-electron chi connectivity index (χ0n) is 12.0. The Balaban J connectivity index is 1.79. The number of benzene rings is 1. The summed E-state index contributed by atoms with van der Waals surface area (Å²) in [5, 5.41) is 6.72. The molecule has 22 heavy (non-hydrogen) atoms. The molecular formula is C15H17FN4O2. The fourth-order valence-electron chi connectivity index (χ4n) is 2.45. The predicted molar refractivity (Wildman–Crippen MR) is 78.7 cm³/mol. The van der Waals surface area contributed by atoms with E-state index in [-0.39, 0.29) is 17.8 Å². The average Bonchev–Trinajstić information content (AvgIpc) is 3.04. The number of hydrogen-bond donors (Lipinski definition) is 2. The quantitative estimate of drug-likeness (QED) is 0.886. The average molecular weight is 304 g/mol. The molecule has 0 aliphatic carbocycles. The van der Waals surface area contributed by atoms with Crippen LogP contribution in [0.25, 0.3) is 11.3 Å². The summed E-state index contributed by atoms with van der Waals surface area (Å²) in [5.41, 5.74) is 6.67. The first-order valence-corrected chi connectivity index (χ1v) is 7.10. The van der Waals surface area contributed by atoms with Crippen LogP contribution >= 0.6 is 0 Å². The van der Waals surface area contributed by atoms with E-state index in [4.69, 9.17) is 10.5 Å². The molecule has 2 aromatic rings. The number of rotatable bonds is 3. The summed E-state index contributed by atoms with van der Waals surface area (Å²) in [4.78, 5) is 14.1. The summed E-state index contributed by atoms with van der Waals surface area (Å²) in [6.07, 6.45) is -0.147. The molecule has 1 fully saturated rings. The first-order valence-electron chi connectivity index (χ1n) is 7.10. The number of ether oxygens (including phenoxy) is 1. The molecule has 3 rings (SSSR count). The Hall–Kier alpha value is -2.25. The van der Waals surface area contributed by atoms with Crippen molar-refractivity contribution in [1.29, 1.82) is 0 Å². The Kier molecular flexibility index (Phi) is 4.17. The molecule has 1 aliphatic rings. The third kappa shape index (κ3) is 2.86. The van der Waals surface area contributed by atoms with Crippen LogP contribution in [0.4, 0.5) is 4.39 Å². The van der Waals surface area contributed by atoms with Gasteiger partial charge in [-0.1, -0.05) is 12.1 Å². The van der Waals surface area contributed by atoms with Crippen molar-refractivity contribution >= 4 is 5.91 Å². The number of nitrogens with one attached hydrogen (secondary N) is 1. The number of aromatic amines is 1. The van der Waals surface area contributed by atoms with Crippen molar-refractivity contribution in [3.63, 3.8) is 0 Å². The maximum Gasteiger partial charge on any atom is 0.272 e. The molecule has 0 spiro atoms. The highest BCUT2D eigenvalue weighted by Gasteiger charge is 2.25. The summed E-state index contributed by atoms with van der Waals surface area (Å²) in [7, 11) is 0. The third-order valence-corrected chi connectivity index (χ3v) is 3.65. The van der Waals surface area contributed by atoms with Crippen molar-refractivity contribution in [2.75, 3.05) is 26.2 Å². The molecule has 0 bridgehead atoms. The fourth-order valence-corrected chi connectivity index (χ4v) is 2.45. The van der Waals surface area contributed by atoms with Gasteiger partial charge in [-0.05, 0) is 18.2 Å². The van der Waals surface area contributed by atoms with Gasteiger partial charge in [0.05, 0.1) is 18.4 Å². The SMILES string of the molecule is NCC1CN(C(=O)c2cc(-c3ccccc3F)n[nH]2)CCO1. The largest absolute Gasteiger partial charge is 0.373 e. The van der Waals surface area contributed by atoms with E-state index in [1.54, 1.807) is 29.2 Å². The Bertz CT molecular complexity index is 673. The zero-order chi connectivity index (χ0) is 15.5. The van der Waals surface area contributed by atoms with Crippen molar-refractivity contribution in [2.45, 2.75) is 6.10 Å². The molecule has 6 nitrogen and oxygen atoms in total. The van der Waals surface area contributed by atoms with E-state index >= 15 is 0 Å². The van der Waals surface area contributed by atoms with E-state index in [1.807, 2.05) is 0 Å². The second kappa shape index (κ2) is 6.25. The summed E-state index contributed by atoms with van der Waals surface area (Å²) in [6, 6.07) is 7.88. The van der Waals surface area contributed by atoms with Gasteiger partial charge in [0.2, 0.25) is 0 Å². The maximum absolute atomic E-state index is 13.8. The van der Waals surface area contributed by atoms with Crippen LogP contribution in [-0.2, 0) is 4.74 Å². The molecular weight excluding hydrogens is 287 g/mol. The van der Waals surface area contributed by atoms with Crippen molar-refractivity contribution in [1.82, 2.24) is 15.1 Å². The fraction of sp³-hybridized carbons (Fsp3) is 0.333. The van der Waals surface area contributed by atoms with Crippen molar-refractivity contribution in [3.8, 4) is 11.3 Å². The van der Waals surface area contributed by atoms with Gasteiger partial charge >= 0.3 is 0 Å². The number of aromatic nitrogens is 2. The number of nitrogens with two attached hydrogens (primary N) is 1. The predicted octanol–water partition coefficient (Wildman–Crippen LogP) is 1.02. The standard InChI is InChI=1S/C15H17FN4O2/c16-12-4-2-1-3-11(12)13-7-14(19-18-13)15(21)20-5-6-22-10(8-17)9-20/h1-4,7,10H,5-6,8-9,17H2,(H,18,19). The smallest absolute Gasteiger partial charge is 0.272 e. The Morgan fingerprint density at radius 2 is 2.32 bits per heavy atom. The number of carbonyl (C=O) groups is 1. The van der Waals surface area contributed by atoms with Gasteiger partial charge in [0, 0.05) is 25.2 Å². The van der Waals surface area contributed by atoms with E-state index < -0.39 is 0 Å². The van der Waals surface area contributed by atoms with E-state index in [9.17, 15) is 9.18 Å². The molecule has 1 aromatic carbocycles. The molecule has 2 heterocycles. The molecule has 3 N–H and O–H groups in total. The first kappa shape index (κ1) is 14.7. The van der Waals surface area contributed by atoms with Gasteiger partial charge in [-0.25, -0.2) is 4.39 Å². The molecule has 1 saturated heterocycles. The zero-order valence-corrected chi connectivity index (χ0v) is 12.0. The molecule has 1 atom stereocenters. The summed E-state index contributed by atoms with van der Waals surface area (Å²) < 4.78 is 19.2. The van der Waals surface area contributed by atoms with Crippen LogP contribution in [0.15, 0.2) is 30.3 Å². The Labute approximate surface area is 127 Å². The normalized spacial score (nSPS) is 18.5. The van der Waals surface area contributed by atoms with E-state index in [2.05, 4.69) is 10.2 Å². The third-order valence-electron chi connectivity index (χ3n) is 3.65.